The zero-order valence-corrected chi connectivity index (χ0v) is 13.6. The molecule has 118 valence electrons. The molecule has 0 aliphatic rings. The van der Waals surface area contributed by atoms with Crippen molar-refractivity contribution >= 4 is 17.8 Å². The van der Waals surface area contributed by atoms with Gasteiger partial charge in [-0.3, -0.25) is 9.69 Å². The van der Waals surface area contributed by atoms with Gasteiger partial charge in [0.15, 0.2) is 5.82 Å². The van der Waals surface area contributed by atoms with Gasteiger partial charge in [-0.2, -0.15) is 15.0 Å². The molecule has 3 N–H and O–H groups in total. The molecular weight excluding hydrogens is 270 g/mol. The summed E-state index contributed by atoms with van der Waals surface area (Å²) in [6.45, 7) is 6.05. The minimum Gasteiger partial charge on any atom is -0.368 e. The van der Waals surface area contributed by atoms with Crippen LogP contribution in [0.15, 0.2) is 0 Å². The van der Waals surface area contributed by atoms with E-state index in [0.29, 0.717) is 11.8 Å². The van der Waals surface area contributed by atoms with Gasteiger partial charge >= 0.3 is 0 Å². The Morgan fingerprint density at radius 1 is 1.19 bits per heavy atom. The molecule has 0 aliphatic carbocycles. The van der Waals surface area contributed by atoms with Crippen LogP contribution in [0.4, 0.5) is 11.9 Å². The van der Waals surface area contributed by atoms with Crippen LogP contribution in [-0.4, -0.2) is 59.5 Å². The first kappa shape index (κ1) is 17.1. The standard InChI is InChI=1S/C13H25N7O/c1-8(2)15-10(21)7-20(6)9(3)11-16-12(14)18-13(17-11)19(4)5/h8-9H,7H2,1-6H3,(H,15,21)(H2,14,16,17,18). The van der Waals surface area contributed by atoms with E-state index in [9.17, 15) is 4.79 Å². The number of likely N-dealkylation sites (N-methyl/N-ethyl adjacent to an activating group) is 1. The number of carbonyl (C=O) groups is 1. The molecule has 0 saturated heterocycles. The van der Waals surface area contributed by atoms with Gasteiger partial charge in [-0.15, -0.1) is 0 Å². The molecule has 0 aliphatic heterocycles. The lowest BCUT2D eigenvalue weighted by molar-refractivity contribution is -0.122. The van der Waals surface area contributed by atoms with E-state index in [4.69, 9.17) is 5.73 Å². The van der Waals surface area contributed by atoms with Crippen molar-refractivity contribution in [1.29, 1.82) is 0 Å². The summed E-state index contributed by atoms with van der Waals surface area (Å²) in [5, 5.41) is 2.85. The number of anilines is 2. The summed E-state index contributed by atoms with van der Waals surface area (Å²) < 4.78 is 0. The SMILES string of the molecule is CC(C)NC(=O)CN(C)C(C)c1nc(N)nc(N(C)C)n1. The monoisotopic (exact) mass is 295 g/mol. The molecule has 1 unspecified atom stereocenters. The van der Waals surface area contributed by atoms with E-state index >= 15 is 0 Å². The Hall–Kier alpha value is -1.96. The van der Waals surface area contributed by atoms with Crippen molar-refractivity contribution in [3.8, 4) is 0 Å². The van der Waals surface area contributed by atoms with E-state index in [1.807, 2.05) is 46.8 Å². The lowest BCUT2D eigenvalue weighted by Crippen LogP contribution is -2.39. The van der Waals surface area contributed by atoms with E-state index in [1.54, 1.807) is 4.90 Å². The number of carbonyl (C=O) groups excluding carboxylic acids is 1. The van der Waals surface area contributed by atoms with Crippen LogP contribution in [0.2, 0.25) is 0 Å². The molecule has 0 aromatic carbocycles. The highest BCUT2D eigenvalue weighted by atomic mass is 16.2. The predicted octanol–water partition coefficient (Wildman–Crippen LogP) is 0.0372. The number of rotatable bonds is 6. The third kappa shape index (κ3) is 5.14. The fourth-order valence-electron chi connectivity index (χ4n) is 1.71. The van der Waals surface area contributed by atoms with Gasteiger partial charge in [0.2, 0.25) is 17.8 Å². The topological polar surface area (TPSA) is 100 Å². The number of nitrogen functional groups attached to an aromatic ring is 1. The van der Waals surface area contributed by atoms with E-state index in [1.165, 1.54) is 0 Å². The molecular formula is C13H25N7O. The summed E-state index contributed by atoms with van der Waals surface area (Å²) in [4.78, 5) is 28.0. The largest absolute Gasteiger partial charge is 0.368 e. The molecule has 8 nitrogen and oxygen atoms in total. The summed E-state index contributed by atoms with van der Waals surface area (Å²) in [5.41, 5.74) is 5.72. The van der Waals surface area contributed by atoms with Gasteiger partial charge in [-0.1, -0.05) is 0 Å². The molecule has 1 amide bonds. The molecule has 0 saturated carbocycles. The molecule has 0 bridgehead atoms. The predicted molar refractivity (Wildman–Crippen MR) is 82.9 cm³/mol. The van der Waals surface area contributed by atoms with Crippen LogP contribution >= 0.6 is 0 Å². The number of nitrogens with one attached hydrogen (secondary N) is 1. The Balaban J connectivity index is 2.82. The van der Waals surface area contributed by atoms with Crippen LogP contribution < -0.4 is 16.0 Å². The first-order valence-electron chi connectivity index (χ1n) is 6.89. The summed E-state index contributed by atoms with van der Waals surface area (Å²) in [7, 11) is 5.52. The number of aromatic nitrogens is 3. The minimum atomic E-state index is -0.146. The van der Waals surface area contributed by atoms with Gasteiger partial charge in [0.25, 0.3) is 0 Å². The number of hydrogen-bond acceptors (Lipinski definition) is 7. The lowest BCUT2D eigenvalue weighted by Gasteiger charge is -2.24. The second-order valence-corrected chi connectivity index (χ2v) is 5.56. The van der Waals surface area contributed by atoms with Crippen molar-refractivity contribution in [1.82, 2.24) is 25.2 Å². The first-order chi connectivity index (χ1) is 9.70. The van der Waals surface area contributed by atoms with Crippen molar-refractivity contribution in [2.24, 2.45) is 0 Å². The summed E-state index contributed by atoms with van der Waals surface area (Å²) >= 11 is 0. The Morgan fingerprint density at radius 3 is 2.33 bits per heavy atom. The Bertz CT molecular complexity index is 489. The molecule has 0 fully saturated rings. The highest BCUT2D eigenvalue weighted by molar-refractivity contribution is 5.78. The van der Waals surface area contributed by atoms with E-state index < -0.39 is 0 Å². The fourth-order valence-corrected chi connectivity index (χ4v) is 1.71. The quantitative estimate of drug-likeness (QED) is 0.764. The van der Waals surface area contributed by atoms with Crippen molar-refractivity contribution in [3.05, 3.63) is 5.82 Å². The molecule has 1 heterocycles. The van der Waals surface area contributed by atoms with Gasteiger partial charge in [0.05, 0.1) is 12.6 Å². The van der Waals surface area contributed by atoms with Gasteiger partial charge in [0, 0.05) is 20.1 Å². The molecule has 0 spiro atoms. The highest BCUT2D eigenvalue weighted by Gasteiger charge is 2.19. The van der Waals surface area contributed by atoms with Crippen LogP contribution in [0.3, 0.4) is 0 Å². The van der Waals surface area contributed by atoms with Crippen LogP contribution in [0, 0.1) is 0 Å². The Morgan fingerprint density at radius 2 is 1.81 bits per heavy atom. The van der Waals surface area contributed by atoms with Crippen LogP contribution in [0.25, 0.3) is 0 Å². The third-order valence-corrected chi connectivity index (χ3v) is 2.94. The number of nitrogens with zero attached hydrogens (tertiary/aromatic N) is 5. The summed E-state index contributed by atoms with van der Waals surface area (Å²) in [6.07, 6.45) is 0. The fraction of sp³-hybridized carbons (Fsp3) is 0.692. The van der Waals surface area contributed by atoms with Gasteiger partial charge < -0.3 is 16.0 Å². The van der Waals surface area contributed by atoms with Crippen LogP contribution in [-0.2, 0) is 4.79 Å². The molecule has 8 heteroatoms. The zero-order valence-electron chi connectivity index (χ0n) is 13.6. The Kier molecular flexibility index (Phi) is 5.83. The first-order valence-corrected chi connectivity index (χ1v) is 6.89. The zero-order chi connectivity index (χ0) is 16.2. The van der Waals surface area contributed by atoms with Crippen LogP contribution in [0.5, 0.6) is 0 Å². The normalized spacial score (nSPS) is 12.6. The average molecular weight is 295 g/mol. The van der Waals surface area contributed by atoms with Crippen LogP contribution in [0.1, 0.15) is 32.6 Å². The highest BCUT2D eigenvalue weighted by Crippen LogP contribution is 2.17. The van der Waals surface area contributed by atoms with Gasteiger partial charge in [0.1, 0.15) is 0 Å². The summed E-state index contributed by atoms with van der Waals surface area (Å²) in [5.74, 6) is 1.19. The molecule has 1 aromatic rings. The molecule has 1 rings (SSSR count). The summed E-state index contributed by atoms with van der Waals surface area (Å²) in [6, 6.07) is -0.0266. The molecule has 21 heavy (non-hydrogen) atoms. The van der Waals surface area contributed by atoms with Crippen molar-refractivity contribution in [2.75, 3.05) is 38.3 Å². The third-order valence-electron chi connectivity index (χ3n) is 2.94. The number of amides is 1. The van der Waals surface area contributed by atoms with Crippen molar-refractivity contribution in [3.63, 3.8) is 0 Å². The average Bonchev–Trinajstić information content (AvgIpc) is 2.35. The molecule has 1 aromatic heterocycles. The van der Waals surface area contributed by atoms with Crippen molar-refractivity contribution in [2.45, 2.75) is 32.9 Å². The van der Waals surface area contributed by atoms with Gasteiger partial charge in [-0.05, 0) is 27.8 Å². The minimum absolute atomic E-state index is 0.0331. The van der Waals surface area contributed by atoms with E-state index in [0.717, 1.165) is 0 Å². The maximum Gasteiger partial charge on any atom is 0.234 e. The smallest absolute Gasteiger partial charge is 0.234 e. The number of hydrogen-bond donors (Lipinski definition) is 2. The maximum atomic E-state index is 11.8. The molecule has 0 radical (unpaired) electrons. The van der Waals surface area contributed by atoms with E-state index in [2.05, 4.69) is 20.3 Å². The maximum absolute atomic E-state index is 11.8. The lowest BCUT2D eigenvalue weighted by atomic mass is 10.2. The second kappa shape index (κ2) is 7.16. The number of nitrogens with two attached hydrogens (primary N) is 1. The van der Waals surface area contributed by atoms with Crippen molar-refractivity contribution < 1.29 is 4.79 Å². The second-order valence-electron chi connectivity index (χ2n) is 5.56. The van der Waals surface area contributed by atoms with E-state index in [-0.39, 0.29) is 30.5 Å². The molecule has 1 atom stereocenters. The Labute approximate surface area is 125 Å². The van der Waals surface area contributed by atoms with Gasteiger partial charge in [-0.25, -0.2) is 0 Å².